The number of sulfonamides is 1. The third kappa shape index (κ3) is 2.58. The van der Waals surface area contributed by atoms with Gasteiger partial charge in [-0.3, -0.25) is 0 Å². The van der Waals surface area contributed by atoms with Gasteiger partial charge in [0.1, 0.15) is 0 Å². The van der Waals surface area contributed by atoms with Crippen LogP contribution in [0.5, 0.6) is 0 Å². The number of alkyl halides is 2. The molecule has 1 aliphatic heterocycles. The Bertz CT molecular complexity index is 247. The van der Waals surface area contributed by atoms with Crippen molar-refractivity contribution >= 4 is 10.0 Å². The first-order chi connectivity index (χ1) is 6.05. The first-order valence-electron chi connectivity index (χ1n) is 4.03. The summed E-state index contributed by atoms with van der Waals surface area (Å²) >= 11 is 0. The highest BCUT2D eigenvalue weighted by molar-refractivity contribution is 7.89. The Hall–Kier alpha value is -0.270. The lowest BCUT2D eigenvalue weighted by Crippen LogP contribution is -2.37. The smallest absolute Gasteiger partial charge is 0.315 e. The summed E-state index contributed by atoms with van der Waals surface area (Å²) in [6.45, 7) is 1.42. The Morgan fingerprint density at radius 1 is 1.23 bits per heavy atom. The topological polar surface area (TPSA) is 49.4 Å². The molecule has 1 N–H and O–H groups in total. The van der Waals surface area contributed by atoms with Gasteiger partial charge in [-0.25, -0.2) is 8.42 Å². The molecular weight excluding hydrogens is 202 g/mol. The second-order valence-electron chi connectivity index (χ2n) is 2.81. The summed E-state index contributed by atoms with van der Waals surface area (Å²) in [7, 11) is -4.36. The van der Waals surface area contributed by atoms with Crippen molar-refractivity contribution in [2.75, 3.05) is 26.2 Å². The van der Waals surface area contributed by atoms with Gasteiger partial charge in [-0.05, 0) is 13.0 Å². The molecule has 0 bridgehead atoms. The molecule has 7 heteroatoms. The Balaban J connectivity index is 2.69. The number of nitrogens with zero attached hydrogens (tertiary/aromatic N) is 1. The van der Waals surface area contributed by atoms with Crippen LogP contribution in [0.2, 0.25) is 0 Å². The Morgan fingerprint density at radius 2 is 1.92 bits per heavy atom. The van der Waals surface area contributed by atoms with Gasteiger partial charge in [0.15, 0.2) is 0 Å². The van der Waals surface area contributed by atoms with Crippen molar-refractivity contribution in [3.63, 3.8) is 0 Å². The summed E-state index contributed by atoms with van der Waals surface area (Å²) in [4.78, 5) is 0. The molecule has 0 aliphatic carbocycles. The zero-order valence-corrected chi connectivity index (χ0v) is 7.86. The maximum Gasteiger partial charge on any atom is 0.350 e. The van der Waals surface area contributed by atoms with Crippen molar-refractivity contribution in [2.24, 2.45) is 0 Å². The predicted molar refractivity (Wildman–Crippen MR) is 44.0 cm³/mol. The highest BCUT2D eigenvalue weighted by Crippen LogP contribution is 2.12. The van der Waals surface area contributed by atoms with Crippen molar-refractivity contribution in [3.05, 3.63) is 0 Å². The van der Waals surface area contributed by atoms with Crippen molar-refractivity contribution < 1.29 is 17.2 Å². The zero-order valence-electron chi connectivity index (χ0n) is 7.04. The van der Waals surface area contributed by atoms with E-state index in [4.69, 9.17) is 0 Å². The largest absolute Gasteiger partial charge is 0.350 e. The molecule has 1 heterocycles. The molecule has 0 radical (unpaired) electrons. The van der Waals surface area contributed by atoms with E-state index in [9.17, 15) is 17.2 Å². The molecule has 0 aromatic rings. The van der Waals surface area contributed by atoms with Crippen LogP contribution in [0.4, 0.5) is 8.78 Å². The lowest BCUT2D eigenvalue weighted by atomic mass is 10.4. The predicted octanol–water partition coefficient (Wildman–Crippen LogP) is -0.166. The molecule has 0 spiro atoms. The Morgan fingerprint density at radius 3 is 2.54 bits per heavy atom. The Kier molecular flexibility index (Phi) is 3.57. The van der Waals surface area contributed by atoms with E-state index in [0.717, 1.165) is 4.31 Å². The minimum Gasteiger partial charge on any atom is -0.315 e. The van der Waals surface area contributed by atoms with Gasteiger partial charge in [-0.15, -0.1) is 0 Å². The van der Waals surface area contributed by atoms with Crippen LogP contribution in [-0.4, -0.2) is 44.7 Å². The zero-order chi connectivity index (χ0) is 9.90. The second kappa shape index (κ2) is 4.30. The molecule has 1 aliphatic rings. The molecule has 0 atom stereocenters. The third-order valence-corrected chi connectivity index (χ3v) is 3.42. The number of hydrogen-bond acceptors (Lipinski definition) is 3. The van der Waals surface area contributed by atoms with E-state index >= 15 is 0 Å². The molecule has 0 aromatic carbocycles. The van der Waals surface area contributed by atoms with Crippen LogP contribution < -0.4 is 5.32 Å². The monoisotopic (exact) mass is 214 g/mol. The lowest BCUT2D eigenvalue weighted by Gasteiger charge is -2.18. The molecule has 0 unspecified atom stereocenters. The average Bonchev–Trinajstić information content (AvgIpc) is 2.31. The van der Waals surface area contributed by atoms with Crippen LogP contribution in [-0.2, 0) is 10.0 Å². The van der Waals surface area contributed by atoms with Crippen molar-refractivity contribution in [3.8, 4) is 0 Å². The standard InChI is InChI=1S/C6H12F2N2O2S/c7-6(8)13(11,12)10-4-1-2-9-3-5-10/h6,9H,1-5H2. The van der Waals surface area contributed by atoms with Crippen molar-refractivity contribution in [1.29, 1.82) is 0 Å². The van der Waals surface area contributed by atoms with E-state index in [-0.39, 0.29) is 13.1 Å². The first-order valence-corrected chi connectivity index (χ1v) is 5.53. The molecule has 1 fully saturated rings. The van der Waals surface area contributed by atoms with Gasteiger partial charge in [0.2, 0.25) is 0 Å². The first kappa shape index (κ1) is 10.8. The molecule has 1 saturated heterocycles. The highest BCUT2D eigenvalue weighted by atomic mass is 32.2. The maximum absolute atomic E-state index is 12.1. The van der Waals surface area contributed by atoms with Gasteiger partial charge >= 0.3 is 5.76 Å². The minimum absolute atomic E-state index is 0.132. The van der Waals surface area contributed by atoms with Crippen LogP contribution >= 0.6 is 0 Å². The summed E-state index contributed by atoms with van der Waals surface area (Å²) in [6, 6.07) is 0. The van der Waals surface area contributed by atoms with Crippen LogP contribution in [0, 0.1) is 0 Å². The second-order valence-corrected chi connectivity index (χ2v) is 4.71. The minimum atomic E-state index is -4.36. The fourth-order valence-corrected chi connectivity index (χ4v) is 2.14. The van der Waals surface area contributed by atoms with Gasteiger partial charge in [-0.2, -0.15) is 13.1 Å². The fraction of sp³-hybridized carbons (Fsp3) is 1.00. The lowest BCUT2D eigenvalue weighted by molar-refractivity contribution is 0.220. The molecule has 4 nitrogen and oxygen atoms in total. The molecule has 78 valence electrons. The quantitative estimate of drug-likeness (QED) is 0.694. The van der Waals surface area contributed by atoms with Crippen molar-refractivity contribution in [2.45, 2.75) is 12.2 Å². The molecule has 0 saturated carbocycles. The van der Waals surface area contributed by atoms with E-state index in [2.05, 4.69) is 5.32 Å². The van der Waals surface area contributed by atoms with Crippen LogP contribution in [0.15, 0.2) is 0 Å². The highest BCUT2D eigenvalue weighted by Gasteiger charge is 2.31. The maximum atomic E-state index is 12.1. The molecule has 0 amide bonds. The van der Waals surface area contributed by atoms with E-state index in [1.54, 1.807) is 0 Å². The summed E-state index contributed by atoms with van der Waals surface area (Å²) in [5.41, 5.74) is 0. The van der Waals surface area contributed by atoms with Gasteiger partial charge in [0.25, 0.3) is 10.0 Å². The molecule has 13 heavy (non-hydrogen) atoms. The van der Waals surface area contributed by atoms with Gasteiger partial charge < -0.3 is 5.32 Å². The van der Waals surface area contributed by atoms with Crippen LogP contribution in [0.25, 0.3) is 0 Å². The van der Waals surface area contributed by atoms with Gasteiger partial charge in [-0.1, -0.05) is 0 Å². The number of hydrogen-bond donors (Lipinski definition) is 1. The van der Waals surface area contributed by atoms with Crippen LogP contribution in [0.1, 0.15) is 6.42 Å². The van der Waals surface area contributed by atoms with Crippen LogP contribution in [0.3, 0.4) is 0 Å². The summed E-state index contributed by atoms with van der Waals surface area (Å²) in [5, 5.41) is 2.94. The van der Waals surface area contributed by atoms with E-state index in [1.807, 2.05) is 0 Å². The van der Waals surface area contributed by atoms with E-state index in [0.29, 0.717) is 19.5 Å². The number of nitrogens with one attached hydrogen (secondary N) is 1. The number of halogens is 2. The third-order valence-electron chi connectivity index (χ3n) is 1.88. The molecular formula is C6H12F2N2O2S. The fourth-order valence-electron chi connectivity index (χ4n) is 1.19. The summed E-state index contributed by atoms with van der Waals surface area (Å²) in [5.74, 6) is -3.30. The average molecular weight is 214 g/mol. The van der Waals surface area contributed by atoms with E-state index < -0.39 is 15.8 Å². The summed E-state index contributed by atoms with van der Waals surface area (Å²) in [6.07, 6.45) is 0.575. The van der Waals surface area contributed by atoms with E-state index in [1.165, 1.54) is 0 Å². The van der Waals surface area contributed by atoms with Gasteiger partial charge in [0.05, 0.1) is 0 Å². The Labute approximate surface area is 76.0 Å². The normalized spacial score (nSPS) is 21.8. The number of rotatable bonds is 2. The molecule has 1 rings (SSSR count). The van der Waals surface area contributed by atoms with Crippen molar-refractivity contribution in [1.82, 2.24) is 9.62 Å². The summed E-state index contributed by atoms with van der Waals surface area (Å²) < 4.78 is 47.0. The molecule has 0 aromatic heterocycles. The SMILES string of the molecule is O=S(=O)(C(F)F)N1CCCNCC1. The van der Waals surface area contributed by atoms with Gasteiger partial charge in [0, 0.05) is 19.6 Å².